The van der Waals surface area contributed by atoms with E-state index in [0.29, 0.717) is 5.95 Å². The summed E-state index contributed by atoms with van der Waals surface area (Å²) in [4.78, 5) is 16.8. The lowest BCUT2D eigenvalue weighted by Gasteiger charge is -2.06. The molecular formula is C19H17N5. The molecular weight excluding hydrogens is 298 g/mol. The van der Waals surface area contributed by atoms with E-state index >= 15 is 0 Å². The molecule has 2 N–H and O–H groups in total. The maximum Gasteiger partial charge on any atom is 0.227 e. The van der Waals surface area contributed by atoms with Gasteiger partial charge in [-0.3, -0.25) is 0 Å². The number of aromatic amines is 1. The van der Waals surface area contributed by atoms with Gasteiger partial charge >= 0.3 is 0 Å². The van der Waals surface area contributed by atoms with Gasteiger partial charge in [0.15, 0.2) is 0 Å². The smallest absolute Gasteiger partial charge is 0.227 e. The Morgan fingerprint density at radius 3 is 2.33 bits per heavy atom. The fourth-order valence-electron chi connectivity index (χ4n) is 2.73. The topological polar surface area (TPSA) is 66.5 Å². The molecule has 0 aliphatic carbocycles. The van der Waals surface area contributed by atoms with Crippen LogP contribution in [0.5, 0.6) is 0 Å². The van der Waals surface area contributed by atoms with Crippen LogP contribution in [0, 0.1) is 13.8 Å². The molecule has 0 amide bonds. The van der Waals surface area contributed by atoms with Crippen molar-refractivity contribution in [2.75, 3.05) is 5.32 Å². The highest BCUT2D eigenvalue weighted by Crippen LogP contribution is 2.23. The molecule has 0 radical (unpaired) electrons. The second kappa shape index (κ2) is 5.77. The average molecular weight is 315 g/mol. The molecule has 0 atom stereocenters. The number of rotatable bonds is 3. The molecule has 0 aliphatic heterocycles. The number of H-pyrrole nitrogens is 1. The van der Waals surface area contributed by atoms with Gasteiger partial charge in [-0.15, -0.1) is 0 Å². The predicted molar refractivity (Wildman–Crippen MR) is 96.3 cm³/mol. The number of anilines is 2. The second-order valence-electron chi connectivity index (χ2n) is 5.78. The highest BCUT2D eigenvalue weighted by Gasteiger charge is 2.07. The van der Waals surface area contributed by atoms with Gasteiger partial charge in [-0.25, -0.2) is 15.0 Å². The van der Waals surface area contributed by atoms with Crippen molar-refractivity contribution in [3.63, 3.8) is 0 Å². The average Bonchev–Trinajstić information content (AvgIpc) is 2.98. The number of aromatic nitrogens is 4. The normalized spacial score (nSPS) is 10.9. The van der Waals surface area contributed by atoms with Crippen molar-refractivity contribution in [1.29, 1.82) is 0 Å². The van der Waals surface area contributed by atoms with Crippen molar-refractivity contribution in [2.24, 2.45) is 0 Å². The van der Waals surface area contributed by atoms with Crippen LogP contribution in [-0.4, -0.2) is 19.9 Å². The number of nitrogens with zero attached hydrogens (tertiary/aromatic N) is 3. The maximum atomic E-state index is 4.64. The molecule has 2 aromatic carbocycles. The third-order valence-electron chi connectivity index (χ3n) is 3.77. The van der Waals surface area contributed by atoms with Crippen LogP contribution in [0.3, 0.4) is 0 Å². The maximum absolute atomic E-state index is 4.64. The summed E-state index contributed by atoms with van der Waals surface area (Å²) in [6.45, 7) is 3.92. The van der Waals surface area contributed by atoms with Crippen LogP contribution in [-0.2, 0) is 0 Å². The van der Waals surface area contributed by atoms with Crippen molar-refractivity contribution in [3.8, 4) is 11.4 Å². The van der Waals surface area contributed by atoms with Gasteiger partial charge in [-0.1, -0.05) is 30.3 Å². The van der Waals surface area contributed by atoms with E-state index in [9.17, 15) is 0 Å². The Morgan fingerprint density at radius 1 is 0.833 bits per heavy atom. The monoisotopic (exact) mass is 315 g/mol. The van der Waals surface area contributed by atoms with Crippen molar-refractivity contribution < 1.29 is 0 Å². The van der Waals surface area contributed by atoms with Crippen LogP contribution in [0.25, 0.3) is 22.4 Å². The molecule has 0 saturated carbocycles. The third-order valence-corrected chi connectivity index (χ3v) is 3.77. The molecule has 2 heterocycles. The van der Waals surface area contributed by atoms with Crippen LogP contribution in [0.15, 0.2) is 54.6 Å². The van der Waals surface area contributed by atoms with Crippen LogP contribution in [0.4, 0.5) is 11.6 Å². The minimum absolute atomic E-state index is 0.606. The number of hydrogen-bond acceptors (Lipinski definition) is 4. The zero-order valence-electron chi connectivity index (χ0n) is 13.5. The van der Waals surface area contributed by atoms with E-state index in [1.807, 2.05) is 68.4 Å². The molecule has 24 heavy (non-hydrogen) atoms. The summed E-state index contributed by atoms with van der Waals surface area (Å²) in [5.41, 5.74) is 5.79. The quantitative estimate of drug-likeness (QED) is 0.589. The summed E-state index contributed by atoms with van der Waals surface area (Å²) in [6, 6.07) is 18.0. The van der Waals surface area contributed by atoms with Crippen molar-refractivity contribution in [3.05, 3.63) is 66.0 Å². The highest BCUT2D eigenvalue weighted by atomic mass is 15.1. The zero-order chi connectivity index (χ0) is 16.5. The van der Waals surface area contributed by atoms with Gasteiger partial charge in [0, 0.05) is 22.6 Å². The number of aryl methyl sites for hydroxylation is 2. The van der Waals surface area contributed by atoms with E-state index in [1.54, 1.807) is 0 Å². The summed E-state index contributed by atoms with van der Waals surface area (Å²) < 4.78 is 0. The Bertz CT molecular complexity index is 985. The number of hydrogen-bond donors (Lipinski definition) is 2. The van der Waals surface area contributed by atoms with Crippen molar-refractivity contribution in [1.82, 2.24) is 19.9 Å². The van der Waals surface area contributed by atoms with E-state index in [-0.39, 0.29) is 0 Å². The summed E-state index contributed by atoms with van der Waals surface area (Å²) in [7, 11) is 0. The first kappa shape index (κ1) is 14.4. The third kappa shape index (κ3) is 2.84. The van der Waals surface area contributed by atoms with Gasteiger partial charge in [0.25, 0.3) is 0 Å². The zero-order valence-corrected chi connectivity index (χ0v) is 13.5. The van der Waals surface area contributed by atoms with E-state index in [0.717, 1.165) is 39.5 Å². The molecule has 0 unspecified atom stereocenters. The molecule has 0 fully saturated rings. The Labute approximate surface area is 139 Å². The number of fused-ring (bicyclic) bond motifs is 1. The molecule has 4 aromatic rings. The highest BCUT2D eigenvalue weighted by molar-refractivity contribution is 5.83. The summed E-state index contributed by atoms with van der Waals surface area (Å²) >= 11 is 0. The van der Waals surface area contributed by atoms with Crippen LogP contribution < -0.4 is 5.32 Å². The van der Waals surface area contributed by atoms with Crippen LogP contribution >= 0.6 is 0 Å². The largest absolute Gasteiger partial charge is 0.338 e. The minimum Gasteiger partial charge on any atom is -0.338 e. The van der Waals surface area contributed by atoms with Gasteiger partial charge in [-0.05, 0) is 38.1 Å². The van der Waals surface area contributed by atoms with Crippen LogP contribution in [0.2, 0.25) is 0 Å². The number of imidazole rings is 1. The summed E-state index contributed by atoms with van der Waals surface area (Å²) in [6.07, 6.45) is 0. The van der Waals surface area contributed by atoms with Gasteiger partial charge < -0.3 is 10.3 Å². The SMILES string of the molecule is Cc1cc(C)nc(Nc2ccc3nc(-c4ccccc4)[nH]c3c2)n1. The molecule has 0 bridgehead atoms. The van der Waals surface area contributed by atoms with Gasteiger partial charge in [0.05, 0.1) is 11.0 Å². The van der Waals surface area contributed by atoms with E-state index in [2.05, 4.69) is 25.3 Å². The Balaban J connectivity index is 1.68. The lowest BCUT2D eigenvalue weighted by atomic mass is 10.2. The molecule has 5 nitrogen and oxygen atoms in total. The van der Waals surface area contributed by atoms with Crippen LogP contribution in [0.1, 0.15) is 11.4 Å². The predicted octanol–water partition coefficient (Wildman–Crippen LogP) is 4.38. The molecule has 0 saturated heterocycles. The number of nitrogens with one attached hydrogen (secondary N) is 2. The Hall–Kier alpha value is -3.21. The molecule has 0 spiro atoms. The Morgan fingerprint density at radius 2 is 1.58 bits per heavy atom. The molecule has 0 aliphatic rings. The van der Waals surface area contributed by atoms with Gasteiger partial charge in [-0.2, -0.15) is 0 Å². The summed E-state index contributed by atoms with van der Waals surface area (Å²) in [5, 5.41) is 3.26. The van der Waals surface area contributed by atoms with Gasteiger partial charge in [0.1, 0.15) is 5.82 Å². The van der Waals surface area contributed by atoms with Crippen molar-refractivity contribution in [2.45, 2.75) is 13.8 Å². The first-order chi connectivity index (χ1) is 11.7. The molecule has 5 heteroatoms. The van der Waals surface area contributed by atoms with E-state index in [4.69, 9.17) is 0 Å². The molecule has 4 rings (SSSR count). The summed E-state index contributed by atoms with van der Waals surface area (Å²) in [5.74, 6) is 1.47. The number of benzene rings is 2. The first-order valence-corrected chi connectivity index (χ1v) is 7.82. The lowest BCUT2D eigenvalue weighted by molar-refractivity contribution is 1.06. The Kier molecular flexibility index (Phi) is 3.46. The van der Waals surface area contributed by atoms with Crippen molar-refractivity contribution >= 4 is 22.7 Å². The molecule has 2 aromatic heterocycles. The lowest BCUT2D eigenvalue weighted by Crippen LogP contribution is -1.99. The van der Waals surface area contributed by atoms with Gasteiger partial charge in [0.2, 0.25) is 5.95 Å². The second-order valence-corrected chi connectivity index (χ2v) is 5.78. The minimum atomic E-state index is 0.606. The standard InChI is InChI=1S/C19H17N5/c1-12-10-13(2)21-19(20-12)22-15-8-9-16-17(11-15)24-18(23-16)14-6-4-3-5-7-14/h3-11H,1-2H3,(H,23,24)(H,20,21,22). The molecule has 118 valence electrons. The van der Waals surface area contributed by atoms with E-state index < -0.39 is 0 Å². The van der Waals surface area contributed by atoms with E-state index in [1.165, 1.54) is 0 Å². The fourth-order valence-corrected chi connectivity index (χ4v) is 2.73. The first-order valence-electron chi connectivity index (χ1n) is 7.82. The fraction of sp³-hybridized carbons (Fsp3) is 0.105.